The van der Waals surface area contributed by atoms with Crippen LogP contribution in [0.2, 0.25) is 0 Å². The van der Waals surface area contributed by atoms with Crippen molar-refractivity contribution in [3.8, 4) is 0 Å². The van der Waals surface area contributed by atoms with Crippen LogP contribution in [0.15, 0.2) is 22.6 Å². The molecule has 0 aliphatic heterocycles. The van der Waals surface area contributed by atoms with E-state index in [1.807, 2.05) is 4.40 Å². The molecule has 3 rings (SSSR count). The number of nitrogens with zero attached hydrogens (tertiary/aromatic N) is 3. The maximum atomic E-state index is 11.9. The molecule has 2 heterocycles. The molecule has 0 spiro atoms. The summed E-state index contributed by atoms with van der Waals surface area (Å²) >= 11 is 1.31. The standard InChI is InChI=1S/C13H15N5O2S/c1-2-6-14-10(19)7-21-13-17-16-12-15-11(20)8-4-3-5-9(8)18(12)13/h2H,1,3-7H2,(H,14,19)(H,15,16,20). The van der Waals surface area contributed by atoms with Crippen molar-refractivity contribution < 1.29 is 4.79 Å². The monoisotopic (exact) mass is 305 g/mol. The number of H-pyrrole nitrogens is 1. The van der Waals surface area contributed by atoms with E-state index in [2.05, 4.69) is 27.1 Å². The van der Waals surface area contributed by atoms with Gasteiger partial charge in [-0.25, -0.2) is 0 Å². The molecule has 1 amide bonds. The number of hydrogen-bond donors (Lipinski definition) is 2. The summed E-state index contributed by atoms with van der Waals surface area (Å²) < 4.78 is 1.86. The Labute approximate surface area is 124 Å². The number of amides is 1. The van der Waals surface area contributed by atoms with Gasteiger partial charge in [-0.2, -0.15) is 0 Å². The number of aromatic nitrogens is 4. The van der Waals surface area contributed by atoms with E-state index in [1.54, 1.807) is 6.08 Å². The lowest BCUT2D eigenvalue weighted by Crippen LogP contribution is -2.25. The molecule has 0 fully saturated rings. The normalized spacial score (nSPS) is 13.3. The molecule has 0 atom stereocenters. The first kappa shape index (κ1) is 13.9. The Morgan fingerprint density at radius 1 is 1.48 bits per heavy atom. The number of fused-ring (bicyclic) bond motifs is 3. The molecule has 0 saturated heterocycles. The second kappa shape index (κ2) is 5.72. The zero-order valence-corrected chi connectivity index (χ0v) is 12.2. The van der Waals surface area contributed by atoms with Crippen molar-refractivity contribution in [2.24, 2.45) is 0 Å². The predicted molar refractivity (Wildman–Crippen MR) is 79.6 cm³/mol. The molecule has 0 saturated carbocycles. The first-order valence-corrected chi connectivity index (χ1v) is 7.69. The summed E-state index contributed by atoms with van der Waals surface area (Å²) in [6.45, 7) is 4.00. The van der Waals surface area contributed by atoms with Crippen LogP contribution in [0.5, 0.6) is 0 Å². The third kappa shape index (κ3) is 2.58. The van der Waals surface area contributed by atoms with Crippen molar-refractivity contribution in [2.75, 3.05) is 12.3 Å². The van der Waals surface area contributed by atoms with Crippen LogP contribution in [0.4, 0.5) is 0 Å². The molecule has 21 heavy (non-hydrogen) atoms. The zero-order valence-electron chi connectivity index (χ0n) is 11.4. The number of aromatic amines is 1. The van der Waals surface area contributed by atoms with E-state index in [0.29, 0.717) is 17.5 Å². The van der Waals surface area contributed by atoms with E-state index in [1.165, 1.54) is 11.8 Å². The molecule has 0 bridgehead atoms. The Hall–Kier alpha value is -2.09. The third-order valence-electron chi connectivity index (χ3n) is 3.37. The molecule has 1 aliphatic rings. The lowest BCUT2D eigenvalue weighted by molar-refractivity contribution is -0.118. The van der Waals surface area contributed by atoms with Gasteiger partial charge in [0.15, 0.2) is 5.16 Å². The summed E-state index contributed by atoms with van der Waals surface area (Å²) in [6, 6.07) is 0. The van der Waals surface area contributed by atoms with Crippen LogP contribution in [0, 0.1) is 0 Å². The largest absolute Gasteiger partial charge is 0.352 e. The van der Waals surface area contributed by atoms with Crippen molar-refractivity contribution >= 4 is 23.4 Å². The van der Waals surface area contributed by atoms with Gasteiger partial charge in [-0.3, -0.25) is 19.0 Å². The van der Waals surface area contributed by atoms with Crippen LogP contribution < -0.4 is 10.9 Å². The first-order valence-electron chi connectivity index (χ1n) is 6.70. The average Bonchev–Trinajstić information content (AvgIpc) is 3.09. The van der Waals surface area contributed by atoms with Gasteiger partial charge in [0.2, 0.25) is 11.7 Å². The molecule has 0 aromatic carbocycles. The number of carbonyl (C=O) groups excluding carboxylic acids is 1. The van der Waals surface area contributed by atoms with Gasteiger partial charge < -0.3 is 5.32 Å². The maximum absolute atomic E-state index is 11.9. The minimum absolute atomic E-state index is 0.0809. The fourth-order valence-electron chi connectivity index (χ4n) is 2.45. The molecule has 110 valence electrons. The van der Waals surface area contributed by atoms with Crippen molar-refractivity contribution in [2.45, 2.75) is 24.4 Å². The Morgan fingerprint density at radius 3 is 3.14 bits per heavy atom. The van der Waals surface area contributed by atoms with E-state index >= 15 is 0 Å². The van der Waals surface area contributed by atoms with Crippen molar-refractivity contribution in [3.05, 3.63) is 34.3 Å². The Kier molecular flexibility index (Phi) is 3.78. The van der Waals surface area contributed by atoms with Crippen LogP contribution in [0.1, 0.15) is 17.7 Å². The molecular weight excluding hydrogens is 290 g/mol. The SMILES string of the molecule is C=CCNC(=O)CSc1nnc2[nH]c(=O)c3c(n12)CCC3. The fraction of sp³-hybridized carbons (Fsp3) is 0.385. The Bertz CT molecular complexity index is 764. The first-order chi connectivity index (χ1) is 10.2. The second-order valence-electron chi connectivity index (χ2n) is 4.76. The molecule has 2 aromatic rings. The summed E-state index contributed by atoms with van der Waals surface area (Å²) in [4.78, 5) is 26.3. The number of carbonyl (C=O) groups is 1. The highest BCUT2D eigenvalue weighted by Crippen LogP contribution is 2.23. The van der Waals surface area contributed by atoms with Crippen LogP contribution in [0.3, 0.4) is 0 Å². The number of aryl methyl sites for hydroxylation is 1. The van der Waals surface area contributed by atoms with E-state index in [4.69, 9.17) is 0 Å². The van der Waals surface area contributed by atoms with Crippen molar-refractivity contribution in [1.29, 1.82) is 0 Å². The molecule has 8 heteroatoms. The lowest BCUT2D eigenvalue weighted by atomic mass is 10.3. The lowest BCUT2D eigenvalue weighted by Gasteiger charge is -2.05. The number of thioether (sulfide) groups is 1. The minimum Gasteiger partial charge on any atom is -0.352 e. The van der Waals surface area contributed by atoms with E-state index in [9.17, 15) is 9.59 Å². The van der Waals surface area contributed by atoms with Gasteiger partial charge in [-0.15, -0.1) is 16.8 Å². The third-order valence-corrected chi connectivity index (χ3v) is 4.30. The Morgan fingerprint density at radius 2 is 2.33 bits per heavy atom. The average molecular weight is 305 g/mol. The molecule has 2 N–H and O–H groups in total. The summed E-state index contributed by atoms with van der Waals surface area (Å²) in [7, 11) is 0. The minimum atomic E-state index is -0.0854. The number of hydrogen-bond acceptors (Lipinski definition) is 5. The zero-order chi connectivity index (χ0) is 14.8. The topological polar surface area (TPSA) is 92.2 Å². The summed E-state index contributed by atoms with van der Waals surface area (Å²) in [5.41, 5.74) is 1.69. The number of nitrogens with one attached hydrogen (secondary N) is 2. The molecule has 2 aromatic heterocycles. The van der Waals surface area contributed by atoms with Crippen LogP contribution in [-0.2, 0) is 17.6 Å². The van der Waals surface area contributed by atoms with Crippen LogP contribution in [0.25, 0.3) is 5.78 Å². The number of rotatable bonds is 5. The Balaban J connectivity index is 1.87. The van der Waals surface area contributed by atoms with Gasteiger partial charge in [0.05, 0.1) is 5.75 Å². The van der Waals surface area contributed by atoms with E-state index < -0.39 is 0 Å². The fourth-order valence-corrected chi connectivity index (χ4v) is 3.24. The summed E-state index contributed by atoms with van der Waals surface area (Å²) in [6.07, 6.45) is 4.21. The maximum Gasteiger partial charge on any atom is 0.255 e. The highest BCUT2D eigenvalue weighted by atomic mass is 32.2. The quantitative estimate of drug-likeness (QED) is 0.612. The molecular formula is C13H15N5O2S. The smallest absolute Gasteiger partial charge is 0.255 e. The van der Waals surface area contributed by atoms with Gasteiger partial charge in [0.1, 0.15) is 0 Å². The van der Waals surface area contributed by atoms with Gasteiger partial charge >= 0.3 is 0 Å². The van der Waals surface area contributed by atoms with E-state index in [-0.39, 0.29) is 17.2 Å². The highest BCUT2D eigenvalue weighted by molar-refractivity contribution is 7.99. The van der Waals surface area contributed by atoms with Gasteiger partial charge in [-0.1, -0.05) is 17.8 Å². The van der Waals surface area contributed by atoms with Gasteiger partial charge in [-0.05, 0) is 19.3 Å². The van der Waals surface area contributed by atoms with E-state index in [0.717, 1.165) is 30.5 Å². The van der Waals surface area contributed by atoms with Crippen molar-refractivity contribution in [3.63, 3.8) is 0 Å². The molecule has 0 unspecified atom stereocenters. The molecule has 1 aliphatic carbocycles. The second-order valence-corrected chi connectivity index (χ2v) is 5.70. The molecule has 7 nitrogen and oxygen atoms in total. The van der Waals surface area contributed by atoms with Crippen LogP contribution in [-0.4, -0.2) is 37.8 Å². The highest BCUT2D eigenvalue weighted by Gasteiger charge is 2.21. The summed E-state index contributed by atoms with van der Waals surface area (Å²) in [5.74, 6) is 0.607. The predicted octanol–water partition coefficient (Wildman–Crippen LogP) is 0.301. The van der Waals surface area contributed by atoms with Crippen LogP contribution >= 0.6 is 11.8 Å². The van der Waals surface area contributed by atoms with Crippen molar-refractivity contribution in [1.82, 2.24) is 24.9 Å². The van der Waals surface area contributed by atoms with Gasteiger partial charge in [0.25, 0.3) is 5.56 Å². The summed E-state index contributed by atoms with van der Waals surface area (Å²) in [5, 5.41) is 11.4. The molecule has 0 radical (unpaired) electrons. The van der Waals surface area contributed by atoms with Gasteiger partial charge in [0, 0.05) is 17.8 Å².